The van der Waals surface area contributed by atoms with E-state index < -0.39 is 0 Å². The van der Waals surface area contributed by atoms with Crippen LogP contribution in [0.3, 0.4) is 0 Å². The molecule has 26 heavy (non-hydrogen) atoms. The van der Waals surface area contributed by atoms with E-state index in [4.69, 9.17) is 4.98 Å². The summed E-state index contributed by atoms with van der Waals surface area (Å²) in [6.07, 6.45) is 3.52. The summed E-state index contributed by atoms with van der Waals surface area (Å²) >= 11 is 3.50. The molecule has 1 aromatic carbocycles. The van der Waals surface area contributed by atoms with Crippen LogP contribution in [0, 0.1) is 0 Å². The predicted molar refractivity (Wildman–Crippen MR) is 109 cm³/mol. The molecule has 4 aromatic rings. The molecular weight excluding hydrogens is 360 g/mol. The molecule has 0 N–H and O–H groups in total. The molecule has 0 bridgehead atoms. The Morgan fingerprint density at radius 1 is 1.23 bits per heavy atom. The lowest BCUT2D eigenvalue weighted by atomic mass is 10.1. The largest absolute Gasteiger partial charge is 0.253 e. The van der Waals surface area contributed by atoms with Crippen molar-refractivity contribution < 1.29 is 0 Å². The topological polar surface area (TPSA) is 43.1 Å². The van der Waals surface area contributed by atoms with Gasteiger partial charge in [0.2, 0.25) is 0 Å². The average molecular weight is 379 g/mol. The van der Waals surface area contributed by atoms with Gasteiger partial charge in [-0.3, -0.25) is 4.40 Å². The number of aromatic nitrogens is 4. The molecule has 3 heterocycles. The molecule has 0 unspecified atom stereocenters. The summed E-state index contributed by atoms with van der Waals surface area (Å²) in [5.74, 6) is 1.75. The first kappa shape index (κ1) is 16.0. The molecule has 0 amide bonds. The fourth-order valence-corrected chi connectivity index (χ4v) is 5.56. The maximum absolute atomic E-state index is 5.06. The van der Waals surface area contributed by atoms with E-state index in [-0.39, 0.29) is 0 Å². The Hall–Kier alpha value is -2.18. The van der Waals surface area contributed by atoms with Crippen molar-refractivity contribution in [3.05, 3.63) is 52.9 Å². The Kier molecular flexibility index (Phi) is 3.83. The predicted octanol–water partition coefficient (Wildman–Crippen LogP) is 5.16. The molecule has 0 aliphatic heterocycles. The Balaban J connectivity index is 1.83. The highest BCUT2D eigenvalue weighted by atomic mass is 32.2. The molecular formula is C20H18N4S2. The summed E-state index contributed by atoms with van der Waals surface area (Å²) < 4.78 is 2.14. The van der Waals surface area contributed by atoms with Gasteiger partial charge in [-0.05, 0) is 31.7 Å². The Bertz CT molecular complexity index is 1140. The lowest BCUT2D eigenvalue weighted by Gasteiger charge is -2.08. The third-order valence-electron chi connectivity index (χ3n) is 4.66. The van der Waals surface area contributed by atoms with Gasteiger partial charge in [0.25, 0.3) is 0 Å². The number of thiophene rings is 1. The molecule has 4 nitrogen and oxygen atoms in total. The van der Waals surface area contributed by atoms with Gasteiger partial charge in [0.1, 0.15) is 10.7 Å². The van der Waals surface area contributed by atoms with E-state index in [1.807, 2.05) is 36.5 Å². The van der Waals surface area contributed by atoms with Crippen molar-refractivity contribution in [2.45, 2.75) is 31.3 Å². The molecule has 0 atom stereocenters. The van der Waals surface area contributed by atoms with Crippen molar-refractivity contribution in [2.75, 3.05) is 5.75 Å². The highest BCUT2D eigenvalue weighted by molar-refractivity contribution is 7.99. The van der Waals surface area contributed by atoms with Crippen LogP contribution in [0.4, 0.5) is 0 Å². The minimum atomic E-state index is 0.828. The van der Waals surface area contributed by atoms with E-state index in [1.54, 1.807) is 11.8 Å². The van der Waals surface area contributed by atoms with Crippen molar-refractivity contribution in [3.63, 3.8) is 0 Å². The summed E-state index contributed by atoms with van der Waals surface area (Å²) in [6, 6.07) is 10.3. The number of benzene rings is 1. The molecule has 0 saturated carbocycles. The number of rotatable bonds is 4. The lowest BCUT2D eigenvalue weighted by Crippen LogP contribution is -1.99. The molecule has 0 spiro atoms. The third-order valence-corrected chi connectivity index (χ3v) is 7.00. The zero-order valence-electron chi connectivity index (χ0n) is 14.5. The van der Waals surface area contributed by atoms with Crippen LogP contribution in [0.15, 0.2) is 47.6 Å². The van der Waals surface area contributed by atoms with Gasteiger partial charge in [0.05, 0.1) is 5.39 Å². The molecule has 1 aliphatic carbocycles. The van der Waals surface area contributed by atoms with Gasteiger partial charge in [-0.2, -0.15) is 0 Å². The molecule has 3 aromatic heterocycles. The number of hydrogen-bond donors (Lipinski definition) is 0. The molecule has 0 fully saturated rings. The fraction of sp³-hybridized carbons (Fsp3) is 0.250. The molecule has 130 valence electrons. The highest BCUT2D eigenvalue weighted by Crippen LogP contribution is 2.40. The van der Waals surface area contributed by atoms with E-state index in [2.05, 4.69) is 33.3 Å². The quantitative estimate of drug-likeness (QED) is 0.363. The fourth-order valence-electron chi connectivity index (χ4n) is 3.53. The number of nitrogens with zero attached hydrogens (tertiary/aromatic N) is 4. The second-order valence-electron chi connectivity index (χ2n) is 6.73. The highest BCUT2D eigenvalue weighted by Gasteiger charge is 2.24. The van der Waals surface area contributed by atoms with Crippen molar-refractivity contribution in [1.82, 2.24) is 19.6 Å². The zero-order valence-corrected chi connectivity index (χ0v) is 16.2. The second-order valence-corrected chi connectivity index (χ2v) is 8.75. The van der Waals surface area contributed by atoms with Crippen molar-refractivity contribution in [1.29, 1.82) is 0 Å². The number of aryl methyl sites for hydroxylation is 2. The number of hydrogen-bond acceptors (Lipinski definition) is 5. The molecule has 1 aliphatic rings. The lowest BCUT2D eigenvalue weighted by molar-refractivity contribution is 0.912. The van der Waals surface area contributed by atoms with Crippen LogP contribution < -0.4 is 0 Å². The van der Waals surface area contributed by atoms with Crippen LogP contribution in [-0.4, -0.2) is 25.3 Å². The van der Waals surface area contributed by atoms with Crippen molar-refractivity contribution >= 4 is 39.0 Å². The minimum absolute atomic E-state index is 0.828. The average Bonchev–Trinajstić information content (AvgIpc) is 3.33. The Morgan fingerprint density at radius 2 is 2.08 bits per heavy atom. The van der Waals surface area contributed by atoms with Gasteiger partial charge >= 0.3 is 0 Å². The normalized spacial score (nSPS) is 13.6. The smallest absolute Gasteiger partial charge is 0.197 e. The number of fused-ring (bicyclic) bond motifs is 5. The minimum Gasteiger partial charge on any atom is -0.253 e. The van der Waals surface area contributed by atoms with Gasteiger partial charge < -0.3 is 0 Å². The van der Waals surface area contributed by atoms with Gasteiger partial charge in [0.15, 0.2) is 10.8 Å². The first-order valence-corrected chi connectivity index (χ1v) is 10.5. The monoisotopic (exact) mass is 378 g/mol. The maximum atomic E-state index is 5.06. The van der Waals surface area contributed by atoms with Crippen LogP contribution in [-0.2, 0) is 12.8 Å². The third kappa shape index (κ3) is 2.47. The van der Waals surface area contributed by atoms with E-state index in [0.29, 0.717) is 0 Å². The van der Waals surface area contributed by atoms with E-state index >= 15 is 0 Å². The van der Waals surface area contributed by atoms with Crippen LogP contribution in [0.1, 0.15) is 23.8 Å². The summed E-state index contributed by atoms with van der Waals surface area (Å²) in [4.78, 5) is 7.62. The van der Waals surface area contributed by atoms with Crippen LogP contribution >= 0.6 is 23.1 Å². The van der Waals surface area contributed by atoms with E-state index in [9.17, 15) is 0 Å². The molecule has 6 heteroatoms. The van der Waals surface area contributed by atoms with Crippen LogP contribution in [0.2, 0.25) is 0 Å². The second kappa shape index (κ2) is 6.21. The van der Waals surface area contributed by atoms with E-state index in [0.717, 1.165) is 51.2 Å². The number of thioether (sulfide) groups is 1. The van der Waals surface area contributed by atoms with Crippen molar-refractivity contribution in [3.8, 4) is 11.4 Å². The molecule has 0 saturated heterocycles. The van der Waals surface area contributed by atoms with Gasteiger partial charge in [0, 0.05) is 16.2 Å². The first-order chi connectivity index (χ1) is 12.7. The van der Waals surface area contributed by atoms with Gasteiger partial charge in [-0.15, -0.1) is 21.5 Å². The SMILES string of the molecule is C=C(C)CSc1nnc2c3c4c(sc3nc(-c3ccccc3)n12)CCC4. The van der Waals surface area contributed by atoms with Crippen molar-refractivity contribution in [2.24, 2.45) is 0 Å². The first-order valence-electron chi connectivity index (χ1n) is 8.74. The zero-order chi connectivity index (χ0) is 17.7. The summed E-state index contributed by atoms with van der Waals surface area (Å²) in [5.41, 5.74) is 4.59. The van der Waals surface area contributed by atoms with Gasteiger partial charge in [-0.25, -0.2) is 4.98 Å². The maximum Gasteiger partial charge on any atom is 0.197 e. The molecule has 5 rings (SSSR count). The molecule has 0 radical (unpaired) electrons. The summed E-state index contributed by atoms with van der Waals surface area (Å²) in [6.45, 7) is 6.05. The van der Waals surface area contributed by atoms with Crippen LogP contribution in [0.5, 0.6) is 0 Å². The Morgan fingerprint density at radius 3 is 2.88 bits per heavy atom. The Labute approximate surface area is 160 Å². The summed E-state index contributed by atoms with van der Waals surface area (Å²) in [5, 5.41) is 11.2. The van der Waals surface area contributed by atoms with Gasteiger partial charge in [-0.1, -0.05) is 54.2 Å². The van der Waals surface area contributed by atoms with Crippen LogP contribution in [0.25, 0.3) is 27.3 Å². The summed E-state index contributed by atoms with van der Waals surface area (Å²) in [7, 11) is 0. The van der Waals surface area contributed by atoms with E-state index in [1.165, 1.54) is 22.2 Å². The standard InChI is InChI=1S/C20H18N4S2/c1-12(2)11-25-20-23-22-18-16-14-9-6-10-15(14)26-19(16)21-17(24(18)20)13-7-4-3-5-8-13/h3-5,7-8H,1,6,9-11H2,2H3.